The average Bonchev–Trinajstić information content (AvgIpc) is 3.58. The van der Waals surface area contributed by atoms with Gasteiger partial charge in [0.1, 0.15) is 0 Å². The minimum absolute atomic E-state index is 0. The summed E-state index contributed by atoms with van der Waals surface area (Å²) in [6.45, 7) is 13.8. The second-order valence-corrected chi connectivity index (χ2v) is 21.7. The molecule has 2 aromatic heterocycles. The van der Waals surface area contributed by atoms with Gasteiger partial charge in [-0.25, -0.2) is 0 Å². The van der Waals surface area contributed by atoms with E-state index >= 15 is 0 Å². The number of fused-ring (bicyclic) bond motifs is 2. The van der Waals surface area contributed by atoms with Crippen LogP contribution >= 0.6 is 0 Å². The number of para-hydroxylation sites is 4. The van der Waals surface area contributed by atoms with Crippen LogP contribution in [0.5, 0.6) is 0 Å². The third-order valence-electron chi connectivity index (χ3n) is 5.85. The van der Waals surface area contributed by atoms with Crippen molar-refractivity contribution in [2.45, 2.75) is 39.3 Å². The fourth-order valence-electron chi connectivity index (χ4n) is 4.53. The molecule has 5 nitrogen and oxygen atoms in total. The van der Waals surface area contributed by atoms with Crippen molar-refractivity contribution in [2.75, 3.05) is 0 Å². The second kappa shape index (κ2) is 17.1. The van der Waals surface area contributed by atoms with Gasteiger partial charge in [0, 0.05) is 12.4 Å². The molecule has 0 N–H and O–H groups in total. The second-order valence-electron chi connectivity index (χ2n) is 12.1. The van der Waals surface area contributed by atoms with Gasteiger partial charge in [-0.1, -0.05) is 153 Å². The first kappa shape index (κ1) is 35.8. The van der Waals surface area contributed by atoms with Crippen LogP contribution in [0, 0.1) is 49.4 Å². The molecule has 0 radical (unpaired) electrons. The van der Waals surface area contributed by atoms with E-state index < -0.39 is 16.5 Å². The minimum Gasteiger partial charge on any atom is -0.668 e. The van der Waals surface area contributed by atoms with Gasteiger partial charge in [0.25, 0.3) is 0 Å². The SMILES string of the molecule is C(=Nc1ccccc1)c1cc2ccccc2[n-]1.C(=Nc1ccccc1)c1cc2ccccc2[n-]1.C[Si](C)(C)[N-][Si](C)(C)C.[Eu+3]. The Balaban J connectivity index is 0.000000188. The van der Waals surface area contributed by atoms with Gasteiger partial charge in [-0.3, -0.25) is 9.98 Å². The minimum atomic E-state index is -1.11. The van der Waals surface area contributed by atoms with Crippen molar-refractivity contribution in [2.24, 2.45) is 9.98 Å². The molecule has 6 rings (SSSR count). The van der Waals surface area contributed by atoms with Crippen molar-refractivity contribution in [1.82, 2.24) is 9.97 Å². The number of hydrogen-bond donors (Lipinski definition) is 0. The van der Waals surface area contributed by atoms with Crippen LogP contribution in [0.4, 0.5) is 11.4 Å². The van der Waals surface area contributed by atoms with E-state index in [1.807, 2.05) is 109 Å². The monoisotopic (exact) mass is 751 g/mol. The largest absolute Gasteiger partial charge is 3.00 e. The molecule has 0 unspecified atom stereocenters. The Hall–Kier alpha value is -2.72. The van der Waals surface area contributed by atoms with E-state index in [4.69, 9.17) is 4.65 Å². The molecule has 44 heavy (non-hydrogen) atoms. The van der Waals surface area contributed by atoms with Crippen molar-refractivity contribution in [3.05, 3.63) is 137 Å². The van der Waals surface area contributed by atoms with Gasteiger partial charge in [-0.05, 0) is 35.0 Å². The Morgan fingerprint density at radius 3 is 1.16 bits per heavy atom. The van der Waals surface area contributed by atoms with Crippen molar-refractivity contribution in [3.8, 4) is 0 Å². The molecule has 0 amide bonds. The van der Waals surface area contributed by atoms with Gasteiger partial charge in [0.05, 0.1) is 11.4 Å². The summed E-state index contributed by atoms with van der Waals surface area (Å²) >= 11 is 0. The molecule has 0 fully saturated rings. The molecular weight excluding hydrogens is 711 g/mol. The number of rotatable bonds is 6. The summed E-state index contributed by atoms with van der Waals surface area (Å²) in [4.78, 5) is 17.7. The zero-order valence-electron chi connectivity index (χ0n) is 26.3. The fraction of sp³-hybridized carbons (Fsp3) is 0.167. The van der Waals surface area contributed by atoms with Crippen LogP contribution < -0.4 is 9.97 Å². The number of aliphatic imine (C=N–C) groups is 2. The summed E-state index contributed by atoms with van der Waals surface area (Å²) in [5, 5.41) is 2.31. The van der Waals surface area contributed by atoms with Crippen LogP contribution in [-0.2, 0) is 0 Å². The fourth-order valence-corrected chi connectivity index (χ4v) is 12.6. The molecule has 0 saturated carbocycles. The molecule has 0 aliphatic carbocycles. The van der Waals surface area contributed by atoms with E-state index in [0.717, 1.165) is 44.6 Å². The van der Waals surface area contributed by atoms with Crippen LogP contribution in [0.3, 0.4) is 0 Å². The zero-order chi connectivity index (χ0) is 30.7. The normalized spacial score (nSPS) is 11.6. The molecule has 0 aliphatic heterocycles. The quantitative estimate of drug-likeness (QED) is 0.126. The molecule has 0 aliphatic rings. The van der Waals surface area contributed by atoms with E-state index in [2.05, 4.69) is 71.4 Å². The number of hydrogen-bond acceptors (Lipinski definition) is 2. The van der Waals surface area contributed by atoms with Gasteiger partial charge in [0.2, 0.25) is 0 Å². The van der Waals surface area contributed by atoms with Crippen LogP contribution in [-0.4, -0.2) is 28.9 Å². The predicted octanol–water partition coefficient (Wildman–Crippen LogP) is 10.1. The van der Waals surface area contributed by atoms with E-state index in [9.17, 15) is 0 Å². The van der Waals surface area contributed by atoms with Crippen molar-refractivity contribution < 1.29 is 49.4 Å². The summed E-state index contributed by atoms with van der Waals surface area (Å²) in [6, 6.07) is 40.0. The van der Waals surface area contributed by atoms with Crippen molar-refractivity contribution >= 4 is 62.1 Å². The Bertz CT molecular complexity index is 1570. The first-order chi connectivity index (χ1) is 20.5. The van der Waals surface area contributed by atoms with E-state index in [-0.39, 0.29) is 49.4 Å². The molecule has 0 saturated heterocycles. The first-order valence-corrected chi connectivity index (χ1v) is 21.4. The summed E-state index contributed by atoms with van der Waals surface area (Å²) in [5.74, 6) is 0. The van der Waals surface area contributed by atoms with Crippen molar-refractivity contribution in [1.29, 1.82) is 0 Å². The standard InChI is InChI=1S/2C15H11N2.C6H18NSi2.Eu/c2*1-2-7-13(8-3-1)16-11-14-10-12-6-4-5-9-15(12)17-14;1-8(2,3)7-9(4,5)6;/h2*1-11H;1-6H3;/q3*-1;+3. The maximum absolute atomic E-state index is 4.82. The number of aromatic nitrogens is 2. The molecule has 224 valence electrons. The molecule has 2 heterocycles. The topological polar surface area (TPSA) is 67.0 Å². The van der Waals surface area contributed by atoms with Crippen LogP contribution in [0.15, 0.2) is 131 Å². The van der Waals surface area contributed by atoms with Crippen LogP contribution in [0.1, 0.15) is 11.4 Å². The maximum atomic E-state index is 4.82. The molecule has 4 aromatic carbocycles. The Morgan fingerprint density at radius 2 is 0.841 bits per heavy atom. The van der Waals surface area contributed by atoms with Crippen molar-refractivity contribution in [3.63, 3.8) is 0 Å². The summed E-state index contributed by atoms with van der Waals surface area (Å²) in [5.41, 5.74) is 5.72. The molecule has 8 heteroatoms. The average molecular weight is 751 g/mol. The molecular formula is C36H40EuN5Si2. The molecule has 0 atom stereocenters. The third kappa shape index (κ3) is 12.7. The van der Waals surface area contributed by atoms with E-state index in [1.54, 1.807) is 12.4 Å². The molecule has 0 bridgehead atoms. The zero-order valence-corrected chi connectivity index (χ0v) is 30.7. The van der Waals surface area contributed by atoms with Gasteiger partial charge < -0.3 is 14.6 Å². The Kier molecular flexibility index (Phi) is 13.9. The smallest absolute Gasteiger partial charge is 0.668 e. The van der Waals surface area contributed by atoms with E-state index in [1.165, 1.54) is 0 Å². The number of nitrogens with zero attached hydrogens (tertiary/aromatic N) is 5. The summed E-state index contributed by atoms with van der Waals surface area (Å²) in [7, 11) is -2.21. The van der Waals surface area contributed by atoms with E-state index in [0.29, 0.717) is 0 Å². The Labute approximate surface area is 305 Å². The third-order valence-corrected chi connectivity index (χ3v) is 11.2. The van der Waals surface area contributed by atoms with Gasteiger partial charge in [-0.15, -0.1) is 22.4 Å². The van der Waals surface area contributed by atoms with Gasteiger partial charge in [0.15, 0.2) is 0 Å². The summed E-state index contributed by atoms with van der Waals surface area (Å²) < 4.78 is 4.82. The Morgan fingerprint density at radius 1 is 0.500 bits per heavy atom. The summed E-state index contributed by atoms with van der Waals surface area (Å²) in [6.07, 6.45) is 3.60. The maximum Gasteiger partial charge on any atom is 3.00 e. The first-order valence-electron chi connectivity index (χ1n) is 14.5. The number of benzene rings is 4. The molecule has 0 spiro atoms. The van der Waals surface area contributed by atoms with Crippen LogP contribution in [0.25, 0.3) is 26.5 Å². The molecule has 6 aromatic rings. The van der Waals surface area contributed by atoms with Gasteiger partial charge >= 0.3 is 49.4 Å². The van der Waals surface area contributed by atoms with Gasteiger partial charge in [-0.2, -0.15) is 0 Å². The predicted molar refractivity (Wildman–Crippen MR) is 192 cm³/mol. The van der Waals surface area contributed by atoms with Crippen LogP contribution in [0.2, 0.25) is 39.3 Å².